The summed E-state index contributed by atoms with van der Waals surface area (Å²) in [6, 6.07) is 0. The normalized spacial score (nSPS) is 30.7. The quantitative estimate of drug-likeness (QED) is 0.511. The van der Waals surface area contributed by atoms with Crippen LogP contribution in [0.2, 0.25) is 0 Å². The van der Waals surface area contributed by atoms with E-state index in [-0.39, 0.29) is 0 Å². The van der Waals surface area contributed by atoms with Crippen LogP contribution in [0.25, 0.3) is 0 Å². The third-order valence-corrected chi connectivity index (χ3v) is 3.69. The van der Waals surface area contributed by atoms with Crippen LogP contribution in [-0.4, -0.2) is 36.5 Å². The summed E-state index contributed by atoms with van der Waals surface area (Å²) in [6.45, 7) is 0. The van der Waals surface area contributed by atoms with Crippen LogP contribution in [0.5, 0.6) is 0 Å². The lowest BCUT2D eigenvalue weighted by atomic mass is 9.86. The fourth-order valence-corrected chi connectivity index (χ4v) is 2.46. The van der Waals surface area contributed by atoms with Gasteiger partial charge in [-0.2, -0.15) is 17.6 Å². The predicted molar refractivity (Wildman–Crippen MR) is 81.5 cm³/mol. The van der Waals surface area contributed by atoms with Gasteiger partial charge in [0.1, 0.15) is 0 Å². The summed E-state index contributed by atoms with van der Waals surface area (Å²) in [5.41, 5.74) is 4.66. The maximum atomic E-state index is 13.4. The molecule has 0 aromatic rings. The molecule has 0 bridgehead atoms. The Kier molecular flexibility index (Phi) is 5.91. The first-order chi connectivity index (χ1) is 12.7. The lowest BCUT2D eigenvalue weighted by Crippen LogP contribution is -2.55. The van der Waals surface area contributed by atoms with Crippen molar-refractivity contribution in [2.24, 2.45) is 11.5 Å². The van der Waals surface area contributed by atoms with Crippen molar-refractivity contribution in [1.82, 2.24) is 0 Å². The molecule has 0 fully saturated rings. The van der Waals surface area contributed by atoms with E-state index in [9.17, 15) is 35.1 Å². The molecule has 4 N–H and O–H groups in total. The summed E-state index contributed by atoms with van der Waals surface area (Å²) in [4.78, 5) is 0. The highest BCUT2D eigenvalue weighted by Crippen LogP contribution is 2.40. The monoisotopic (exact) mass is 418 g/mol. The zero-order valence-electron chi connectivity index (χ0n) is 13.8. The van der Waals surface area contributed by atoms with Gasteiger partial charge in [-0.05, 0) is 12.2 Å². The van der Waals surface area contributed by atoms with Gasteiger partial charge in [0.25, 0.3) is 0 Å². The number of halogens is 8. The Balaban J connectivity index is 2.56. The van der Waals surface area contributed by atoms with Gasteiger partial charge < -0.3 is 0 Å². The number of alkyl halides is 8. The number of hydrogen-bond donors (Lipinski definition) is 2. The fraction of sp³-hybridized carbons (Fsp3) is 0.375. The largest absolute Gasteiger partial charge is 0.418 e. The summed E-state index contributed by atoms with van der Waals surface area (Å²) < 4.78 is 112. The second-order valence-corrected chi connectivity index (χ2v) is 5.78. The highest BCUT2D eigenvalue weighted by molar-refractivity contribution is 5.53. The minimum atomic E-state index is -5.02. The molecule has 2 unspecified atom stereocenters. The maximum Gasteiger partial charge on any atom is 0.418 e. The van der Waals surface area contributed by atoms with Crippen molar-refractivity contribution in [3.8, 4) is 0 Å². The first-order valence-electron chi connectivity index (χ1n) is 7.50. The van der Waals surface area contributed by atoms with Gasteiger partial charge in [0.15, 0.2) is 11.4 Å². The van der Waals surface area contributed by atoms with Crippen molar-refractivity contribution in [2.45, 2.75) is 36.5 Å². The lowest BCUT2D eigenvalue weighted by molar-refractivity contribution is -0.330. The fourth-order valence-electron chi connectivity index (χ4n) is 2.46. The molecule has 0 spiro atoms. The second-order valence-electron chi connectivity index (χ2n) is 5.78. The van der Waals surface area contributed by atoms with Gasteiger partial charge >= 0.3 is 25.1 Å². The molecule has 4 nitrogen and oxygen atoms in total. The Bertz CT molecular complexity index is 698. The number of ether oxygens (including phenoxy) is 2. The molecule has 2 aliphatic carbocycles. The van der Waals surface area contributed by atoms with E-state index >= 15 is 0 Å². The Morgan fingerprint density at radius 2 is 1.00 bits per heavy atom. The molecule has 156 valence electrons. The molecular formula is C16H14F8N2O2. The molecule has 0 amide bonds. The Labute approximate surface area is 153 Å². The summed E-state index contributed by atoms with van der Waals surface area (Å²) in [6.07, 6.45) is -10.6. The third kappa shape index (κ3) is 4.35. The van der Waals surface area contributed by atoms with Gasteiger partial charge in [-0.25, -0.2) is 17.6 Å². The van der Waals surface area contributed by atoms with Crippen LogP contribution in [0.4, 0.5) is 35.1 Å². The lowest BCUT2D eigenvalue weighted by Gasteiger charge is -2.39. The van der Waals surface area contributed by atoms with Crippen molar-refractivity contribution in [1.29, 1.82) is 0 Å². The molecule has 12 heteroatoms. The average molecular weight is 418 g/mol. The number of rotatable bonds is 6. The van der Waals surface area contributed by atoms with Crippen molar-refractivity contribution < 1.29 is 44.6 Å². The van der Waals surface area contributed by atoms with Crippen LogP contribution in [0.1, 0.15) is 0 Å². The molecule has 2 aliphatic rings. The van der Waals surface area contributed by atoms with E-state index < -0.39 is 47.7 Å². The van der Waals surface area contributed by atoms with E-state index in [1.807, 2.05) is 0 Å². The molecule has 0 aromatic heterocycles. The first-order valence-corrected chi connectivity index (χ1v) is 7.50. The van der Waals surface area contributed by atoms with Gasteiger partial charge in [0.05, 0.1) is 0 Å². The molecule has 2 rings (SSSR count). The molecule has 0 saturated carbocycles. The van der Waals surface area contributed by atoms with Crippen LogP contribution in [0.15, 0.2) is 59.8 Å². The van der Waals surface area contributed by atoms with Gasteiger partial charge in [-0.1, -0.05) is 36.5 Å². The summed E-state index contributed by atoms with van der Waals surface area (Å²) >= 11 is 0. The molecule has 0 aromatic carbocycles. The van der Waals surface area contributed by atoms with Crippen molar-refractivity contribution in [3.63, 3.8) is 0 Å². The van der Waals surface area contributed by atoms with Gasteiger partial charge in [-0.15, -0.1) is 0 Å². The van der Waals surface area contributed by atoms with Gasteiger partial charge in [-0.3, -0.25) is 20.9 Å². The van der Waals surface area contributed by atoms with E-state index in [1.165, 1.54) is 12.2 Å². The number of allylic oxidation sites excluding steroid dienone is 4. The van der Waals surface area contributed by atoms with Crippen molar-refractivity contribution in [2.75, 3.05) is 0 Å². The molecular weight excluding hydrogens is 404 g/mol. The molecule has 2 atom stereocenters. The summed E-state index contributed by atoms with van der Waals surface area (Å²) in [5.74, 6) is 0. The smallest absolute Gasteiger partial charge is 0.296 e. The average Bonchev–Trinajstić information content (AvgIpc) is 2.54. The summed E-state index contributed by atoms with van der Waals surface area (Å²) in [5, 5.41) is 0. The highest BCUT2D eigenvalue weighted by Gasteiger charge is 2.53. The van der Waals surface area contributed by atoms with E-state index in [1.54, 1.807) is 0 Å². The Morgan fingerprint density at radius 3 is 1.29 bits per heavy atom. The predicted octanol–water partition coefficient (Wildman–Crippen LogP) is 3.59. The first kappa shape index (κ1) is 22.3. The minimum Gasteiger partial charge on any atom is -0.296 e. The molecule has 0 saturated heterocycles. The molecule has 28 heavy (non-hydrogen) atoms. The van der Waals surface area contributed by atoms with Crippen LogP contribution in [0.3, 0.4) is 0 Å². The maximum absolute atomic E-state index is 13.4. The minimum absolute atomic E-state index is 0.580. The zero-order chi connectivity index (χ0) is 21.4. The highest BCUT2D eigenvalue weighted by atomic mass is 19.3. The van der Waals surface area contributed by atoms with Crippen LogP contribution < -0.4 is 11.5 Å². The van der Waals surface area contributed by atoms with Crippen LogP contribution in [0, 0.1) is 0 Å². The molecule has 0 radical (unpaired) electrons. The van der Waals surface area contributed by atoms with Gasteiger partial charge in [0.2, 0.25) is 0 Å². The Morgan fingerprint density at radius 1 is 0.679 bits per heavy atom. The van der Waals surface area contributed by atoms with E-state index in [2.05, 4.69) is 9.47 Å². The van der Waals surface area contributed by atoms with Crippen molar-refractivity contribution >= 4 is 0 Å². The molecule has 0 aliphatic heterocycles. The molecule has 0 heterocycles. The Hall–Kier alpha value is -2.02. The number of nitrogens with two attached hydrogens (primary N) is 2. The van der Waals surface area contributed by atoms with E-state index in [0.717, 1.165) is 36.5 Å². The second kappa shape index (κ2) is 7.43. The standard InChI is InChI=1S/C16H14F8N2O2/c17-11(18)15(21,22)27-13(25)7-3-1-5-9(13)10-6-2-4-8-14(10,26)28-16(23,24)12(19)20/h1-8,11-12H,25-26H2/b10-9+. The van der Waals surface area contributed by atoms with Crippen LogP contribution in [-0.2, 0) is 9.47 Å². The van der Waals surface area contributed by atoms with E-state index in [0.29, 0.717) is 0 Å². The topological polar surface area (TPSA) is 70.5 Å². The van der Waals surface area contributed by atoms with Crippen LogP contribution >= 0.6 is 0 Å². The number of hydrogen-bond acceptors (Lipinski definition) is 4. The van der Waals surface area contributed by atoms with Gasteiger partial charge in [0, 0.05) is 11.1 Å². The third-order valence-electron chi connectivity index (χ3n) is 3.69. The van der Waals surface area contributed by atoms with E-state index in [4.69, 9.17) is 11.5 Å². The SMILES string of the molecule is NC1(OC(F)(F)C(F)F)C=CC=C/C1=C1/C=CC=CC1(N)OC(F)(F)C(F)F. The zero-order valence-corrected chi connectivity index (χ0v) is 13.8. The van der Waals surface area contributed by atoms with Crippen molar-refractivity contribution in [3.05, 3.63) is 59.8 Å². The summed E-state index contributed by atoms with van der Waals surface area (Å²) in [7, 11) is 0.